The molecule has 0 bridgehead atoms. The Balaban J connectivity index is 4.16. The van der Waals surface area contributed by atoms with E-state index >= 15 is 0 Å². The minimum absolute atomic E-state index is 0.000355. The van der Waals surface area contributed by atoms with Gasteiger partial charge in [0.25, 0.3) is 0 Å². The maximum absolute atomic E-state index is 11.7. The van der Waals surface area contributed by atoms with Crippen molar-refractivity contribution in [2.24, 2.45) is 0 Å². The number of aliphatic carboxylic acids is 1. The summed E-state index contributed by atoms with van der Waals surface area (Å²) in [5.41, 5.74) is 0. The van der Waals surface area contributed by atoms with Gasteiger partial charge in [-0.1, -0.05) is 26.2 Å². The van der Waals surface area contributed by atoms with Gasteiger partial charge < -0.3 is 20.5 Å². The molecule has 2 amide bonds. The topological polar surface area (TPSA) is 105 Å². The number of carbonyl (C=O) groups is 3. The Hall–Kier alpha value is -1.79. The van der Waals surface area contributed by atoms with Crippen LogP contribution in [0.5, 0.6) is 0 Å². The first kappa shape index (κ1) is 19.2. The van der Waals surface area contributed by atoms with E-state index in [-0.39, 0.29) is 18.9 Å². The van der Waals surface area contributed by atoms with Gasteiger partial charge in [0.2, 0.25) is 0 Å². The number of hydrogen-bond acceptors (Lipinski definition) is 4. The van der Waals surface area contributed by atoms with E-state index in [9.17, 15) is 14.4 Å². The predicted octanol–water partition coefficient (Wildman–Crippen LogP) is 1.66. The lowest BCUT2D eigenvalue weighted by Crippen LogP contribution is -2.48. The minimum atomic E-state index is -1.17. The molecular weight excluding hydrogens is 276 g/mol. The second-order valence-corrected chi connectivity index (χ2v) is 5.02. The van der Waals surface area contributed by atoms with Crippen LogP contribution in [0.4, 0.5) is 4.79 Å². The van der Waals surface area contributed by atoms with Gasteiger partial charge in [0.1, 0.15) is 6.04 Å². The Morgan fingerprint density at radius 2 is 1.81 bits per heavy atom. The van der Waals surface area contributed by atoms with Crippen molar-refractivity contribution in [3.8, 4) is 0 Å². The van der Waals surface area contributed by atoms with Gasteiger partial charge in [-0.15, -0.1) is 0 Å². The summed E-state index contributed by atoms with van der Waals surface area (Å²) in [6.45, 7) is 3.98. The quantitative estimate of drug-likeness (QED) is 0.420. The fourth-order valence-electron chi connectivity index (χ4n) is 1.82. The number of methoxy groups -OCH3 is 1. The predicted molar refractivity (Wildman–Crippen MR) is 77.9 cm³/mol. The number of carboxylic acid groups (broad SMARTS) is 1. The number of nitrogens with one attached hydrogen (secondary N) is 2. The lowest BCUT2D eigenvalue weighted by Gasteiger charge is -2.18. The zero-order chi connectivity index (χ0) is 16.3. The molecule has 0 fully saturated rings. The molecule has 3 N–H and O–H groups in total. The van der Waals surface area contributed by atoms with E-state index in [4.69, 9.17) is 5.11 Å². The molecular formula is C14H26N2O5. The van der Waals surface area contributed by atoms with Gasteiger partial charge >= 0.3 is 18.0 Å². The zero-order valence-electron chi connectivity index (χ0n) is 13.0. The normalized spacial score (nSPS) is 13.1. The fourth-order valence-corrected chi connectivity index (χ4v) is 1.82. The highest BCUT2D eigenvalue weighted by atomic mass is 16.5. The van der Waals surface area contributed by atoms with Crippen molar-refractivity contribution < 1.29 is 24.2 Å². The van der Waals surface area contributed by atoms with Crippen LogP contribution in [0.25, 0.3) is 0 Å². The van der Waals surface area contributed by atoms with Crippen molar-refractivity contribution in [3.05, 3.63) is 0 Å². The number of ether oxygens (including phenoxy) is 1. The molecule has 2 atom stereocenters. The maximum atomic E-state index is 11.7. The standard InChI is InChI=1S/C14H26N2O5/c1-4-5-6-7-10(2)15-14(20)16-11(13(18)19)8-9-12(17)21-3/h10-11H,4-9H2,1-3H3,(H,18,19)(H2,15,16,20)/t10?,11-/m1/s1. The molecule has 0 rings (SSSR count). The van der Waals surface area contributed by atoms with Crippen molar-refractivity contribution in [2.45, 2.75) is 64.5 Å². The molecule has 0 aromatic carbocycles. The number of hydrogen-bond donors (Lipinski definition) is 3. The number of urea groups is 1. The molecule has 0 saturated heterocycles. The summed E-state index contributed by atoms with van der Waals surface area (Å²) in [6.07, 6.45) is 4.02. The molecule has 7 heteroatoms. The molecule has 0 saturated carbocycles. The Bertz CT molecular complexity index is 346. The van der Waals surface area contributed by atoms with Crippen molar-refractivity contribution in [1.29, 1.82) is 0 Å². The molecule has 0 spiro atoms. The molecule has 21 heavy (non-hydrogen) atoms. The van der Waals surface area contributed by atoms with E-state index in [2.05, 4.69) is 22.3 Å². The smallest absolute Gasteiger partial charge is 0.326 e. The highest BCUT2D eigenvalue weighted by Gasteiger charge is 2.21. The van der Waals surface area contributed by atoms with Gasteiger partial charge in [-0.05, 0) is 19.8 Å². The summed E-state index contributed by atoms with van der Waals surface area (Å²) < 4.78 is 4.44. The molecule has 0 heterocycles. The number of carboxylic acids is 1. The van der Waals surface area contributed by atoms with Crippen molar-refractivity contribution >= 4 is 18.0 Å². The summed E-state index contributed by atoms with van der Waals surface area (Å²) in [6, 6.07) is -1.66. The van der Waals surface area contributed by atoms with Crippen LogP contribution in [0, 0.1) is 0 Å². The minimum Gasteiger partial charge on any atom is -0.480 e. The van der Waals surface area contributed by atoms with Gasteiger partial charge in [-0.3, -0.25) is 4.79 Å². The average molecular weight is 302 g/mol. The second kappa shape index (κ2) is 10.9. The summed E-state index contributed by atoms with van der Waals surface area (Å²) >= 11 is 0. The first-order chi connectivity index (χ1) is 9.90. The summed E-state index contributed by atoms with van der Waals surface area (Å²) in [7, 11) is 1.23. The lowest BCUT2D eigenvalue weighted by molar-refractivity contribution is -0.142. The van der Waals surface area contributed by atoms with Crippen LogP contribution >= 0.6 is 0 Å². The maximum Gasteiger partial charge on any atom is 0.326 e. The van der Waals surface area contributed by atoms with Gasteiger partial charge in [-0.25, -0.2) is 9.59 Å². The van der Waals surface area contributed by atoms with E-state index in [1.54, 1.807) is 0 Å². The molecule has 122 valence electrons. The van der Waals surface area contributed by atoms with Crippen LogP contribution in [0.2, 0.25) is 0 Å². The van der Waals surface area contributed by atoms with Crippen molar-refractivity contribution in [2.75, 3.05) is 7.11 Å². The molecule has 7 nitrogen and oxygen atoms in total. The number of unbranched alkanes of at least 4 members (excludes halogenated alkanes) is 2. The lowest BCUT2D eigenvalue weighted by atomic mass is 10.1. The van der Waals surface area contributed by atoms with Gasteiger partial charge in [-0.2, -0.15) is 0 Å². The highest BCUT2D eigenvalue weighted by Crippen LogP contribution is 2.03. The van der Waals surface area contributed by atoms with Crippen LogP contribution in [-0.2, 0) is 14.3 Å². The van der Waals surface area contributed by atoms with Gasteiger partial charge in [0.15, 0.2) is 0 Å². The monoisotopic (exact) mass is 302 g/mol. The Kier molecular flexibility index (Phi) is 10.0. The molecule has 0 aromatic heterocycles. The molecule has 0 aliphatic rings. The van der Waals surface area contributed by atoms with E-state index in [0.29, 0.717) is 0 Å². The summed E-state index contributed by atoms with van der Waals surface area (Å²) in [5.74, 6) is -1.68. The Labute approximate surface area is 125 Å². The largest absolute Gasteiger partial charge is 0.480 e. The van der Waals surface area contributed by atoms with E-state index in [0.717, 1.165) is 25.7 Å². The van der Waals surface area contributed by atoms with E-state index in [1.807, 2.05) is 6.92 Å². The van der Waals surface area contributed by atoms with Gasteiger partial charge in [0, 0.05) is 12.5 Å². The number of esters is 1. The van der Waals surface area contributed by atoms with Crippen LogP contribution in [0.1, 0.15) is 52.4 Å². The van der Waals surface area contributed by atoms with Crippen molar-refractivity contribution in [3.63, 3.8) is 0 Å². The van der Waals surface area contributed by atoms with E-state index in [1.165, 1.54) is 7.11 Å². The van der Waals surface area contributed by atoms with E-state index < -0.39 is 24.0 Å². The summed E-state index contributed by atoms with van der Waals surface area (Å²) in [5, 5.41) is 14.1. The first-order valence-electron chi connectivity index (χ1n) is 7.27. The number of amides is 2. The molecule has 1 unspecified atom stereocenters. The van der Waals surface area contributed by atoms with Crippen LogP contribution in [-0.4, -0.2) is 42.3 Å². The van der Waals surface area contributed by atoms with Crippen LogP contribution < -0.4 is 10.6 Å². The Morgan fingerprint density at radius 3 is 2.33 bits per heavy atom. The molecule has 0 aliphatic heterocycles. The molecule has 0 radical (unpaired) electrons. The third-order valence-electron chi connectivity index (χ3n) is 3.09. The Morgan fingerprint density at radius 1 is 1.14 bits per heavy atom. The highest BCUT2D eigenvalue weighted by molar-refractivity contribution is 5.83. The SMILES string of the molecule is CCCCCC(C)NC(=O)N[C@H](CCC(=O)OC)C(=O)O. The average Bonchev–Trinajstić information content (AvgIpc) is 2.42. The second-order valence-electron chi connectivity index (χ2n) is 5.02. The summed E-state index contributed by atoms with van der Waals surface area (Å²) in [4.78, 5) is 33.8. The molecule has 0 aromatic rings. The number of rotatable bonds is 10. The van der Waals surface area contributed by atoms with Crippen LogP contribution in [0.3, 0.4) is 0 Å². The van der Waals surface area contributed by atoms with Gasteiger partial charge in [0.05, 0.1) is 7.11 Å². The van der Waals surface area contributed by atoms with Crippen molar-refractivity contribution in [1.82, 2.24) is 10.6 Å². The first-order valence-corrected chi connectivity index (χ1v) is 7.27. The van der Waals surface area contributed by atoms with Crippen LogP contribution in [0.15, 0.2) is 0 Å². The third kappa shape index (κ3) is 9.70. The third-order valence-corrected chi connectivity index (χ3v) is 3.09. The fraction of sp³-hybridized carbons (Fsp3) is 0.786. The zero-order valence-corrected chi connectivity index (χ0v) is 13.0. The molecule has 0 aliphatic carbocycles. The number of carbonyl (C=O) groups excluding carboxylic acids is 2.